The molecule has 1 heterocycles. The molecule has 0 radical (unpaired) electrons. The molecule has 18 heteroatoms. The predicted octanol–water partition coefficient (Wildman–Crippen LogP) is 1.51. The number of imidazole rings is 1. The van der Waals surface area contributed by atoms with Crippen LogP contribution in [0.25, 0.3) is 16.8 Å². The van der Waals surface area contributed by atoms with E-state index in [9.17, 15) is 37.7 Å². The van der Waals surface area contributed by atoms with Crippen molar-refractivity contribution < 1.29 is 32.5 Å². The molecule has 0 saturated carbocycles. The molecule has 1 aromatic heterocycles. The minimum atomic E-state index is -4.16. The van der Waals surface area contributed by atoms with E-state index >= 15 is 0 Å². The molecule has 0 saturated heterocycles. The number of hydrogen-bond acceptors (Lipinski definition) is 10. The number of nitrogens with zero attached hydrogens (tertiary/aromatic N) is 3. The molecule has 4 amide bonds. The lowest BCUT2D eigenvalue weighted by atomic mass is 10.1. The number of amides is 4. The van der Waals surface area contributed by atoms with Crippen LogP contribution in [0.4, 0.5) is 11.4 Å². The molecule has 0 fully saturated rings. The summed E-state index contributed by atoms with van der Waals surface area (Å²) in [6.07, 6.45) is 6.57. The van der Waals surface area contributed by atoms with Crippen molar-refractivity contribution in [2.45, 2.75) is 42.7 Å². The van der Waals surface area contributed by atoms with Gasteiger partial charge in [0.05, 0.1) is 22.7 Å². The number of nitro benzene ring substituents is 1. The molecular formula is C35H41N9O8S. The van der Waals surface area contributed by atoms with Gasteiger partial charge in [0.25, 0.3) is 5.69 Å². The highest BCUT2D eigenvalue weighted by atomic mass is 32.2. The lowest BCUT2D eigenvalue weighted by Crippen LogP contribution is -2.54. The third-order valence-corrected chi connectivity index (χ3v) is 9.55. The number of sulfonamides is 1. The molecule has 0 aliphatic heterocycles. The van der Waals surface area contributed by atoms with E-state index in [0.29, 0.717) is 34.9 Å². The fourth-order valence-electron chi connectivity index (χ4n) is 5.38. The highest BCUT2D eigenvalue weighted by Gasteiger charge is 2.27. The largest absolute Gasteiger partial charge is 0.377 e. The maximum absolute atomic E-state index is 13.4. The Bertz CT molecular complexity index is 2070. The van der Waals surface area contributed by atoms with E-state index in [-0.39, 0.29) is 30.0 Å². The predicted molar refractivity (Wildman–Crippen MR) is 198 cm³/mol. The molecule has 0 spiro atoms. The normalized spacial score (nSPS) is 12.6. The van der Waals surface area contributed by atoms with Gasteiger partial charge in [-0.1, -0.05) is 24.3 Å². The van der Waals surface area contributed by atoms with E-state index in [0.717, 1.165) is 5.69 Å². The van der Waals surface area contributed by atoms with Gasteiger partial charge in [0.1, 0.15) is 12.1 Å². The van der Waals surface area contributed by atoms with Gasteiger partial charge in [-0.05, 0) is 55.2 Å². The second-order valence-electron chi connectivity index (χ2n) is 12.2. The van der Waals surface area contributed by atoms with Crippen molar-refractivity contribution in [2.24, 2.45) is 5.73 Å². The van der Waals surface area contributed by atoms with Crippen LogP contribution in [0, 0.1) is 10.1 Å². The van der Waals surface area contributed by atoms with Gasteiger partial charge in [-0.25, -0.2) is 18.1 Å². The van der Waals surface area contributed by atoms with Crippen LogP contribution >= 0.6 is 0 Å². The standard InChI is InChI=1S/C35H41N9O8S/c1-43(2)30-10-5-8-27-26(30)7-6-11-31(27)53(51,52)40-21-33(46)41-29(19-24-20-37-22-39-24)35(48)42-28(34(36)47)9-3-4-18-38-32(45)17-14-23-12-15-25(16-13-23)44(49)50/h5-8,10-17,20,22,28-29,40H,3-4,9,18-19,21H2,1-2H3,(H2,36,47)(H,37,39)(H,38,45)(H,41,46)(H,42,48)/b17-14+/t28-,29-/m0/s1. The van der Waals surface area contributed by atoms with Crippen molar-refractivity contribution in [3.63, 3.8) is 0 Å². The van der Waals surface area contributed by atoms with Crippen LogP contribution in [0.3, 0.4) is 0 Å². The molecule has 280 valence electrons. The highest BCUT2D eigenvalue weighted by molar-refractivity contribution is 7.89. The molecule has 7 N–H and O–H groups in total. The molecule has 2 atom stereocenters. The monoisotopic (exact) mass is 747 g/mol. The molecular weight excluding hydrogens is 707 g/mol. The summed E-state index contributed by atoms with van der Waals surface area (Å²) in [6, 6.07) is 13.5. The van der Waals surface area contributed by atoms with Crippen LogP contribution < -0.4 is 31.3 Å². The summed E-state index contributed by atoms with van der Waals surface area (Å²) in [4.78, 5) is 69.8. The van der Waals surface area contributed by atoms with E-state index in [1.54, 1.807) is 24.3 Å². The van der Waals surface area contributed by atoms with Crippen LogP contribution in [0.15, 0.2) is 84.2 Å². The van der Waals surface area contributed by atoms with Crippen LogP contribution in [-0.4, -0.2) is 86.2 Å². The third-order valence-electron chi connectivity index (χ3n) is 8.09. The van der Waals surface area contributed by atoms with E-state index < -0.39 is 57.2 Å². The molecule has 0 aliphatic rings. The molecule has 4 rings (SSSR count). The Hall–Kier alpha value is -6.14. The number of H-pyrrole nitrogens is 1. The summed E-state index contributed by atoms with van der Waals surface area (Å²) in [7, 11) is -0.470. The third kappa shape index (κ3) is 11.4. The number of nitro groups is 1. The van der Waals surface area contributed by atoms with Gasteiger partial charge in [0, 0.05) is 73.6 Å². The Morgan fingerprint density at radius 3 is 2.36 bits per heavy atom. The number of anilines is 1. The number of benzene rings is 3. The second kappa shape index (κ2) is 18.4. The van der Waals surface area contributed by atoms with Crippen LogP contribution in [0.2, 0.25) is 0 Å². The lowest BCUT2D eigenvalue weighted by Gasteiger charge is -2.22. The van der Waals surface area contributed by atoms with Gasteiger partial charge in [-0.15, -0.1) is 0 Å². The number of primary amides is 1. The Morgan fingerprint density at radius 1 is 0.981 bits per heavy atom. The minimum absolute atomic E-state index is 0.0131. The molecule has 0 bridgehead atoms. The van der Waals surface area contributed by atoms with Crippen LogP contribution in [0.5, 0.6) is 0 Å². The van der Waals surface area contributed by atoms with Crippen molar-refractivity contribution in [1.82, 2.24) is 30.6 Å². The summed E-state index contributed by atoms with van der Waals surface area (Å²) in [6.45, 7) is -0.417. The Morgan fingerprint density at radius 2 is 1.70 bits per heavy atom. The van der Waals surface area contributed by atoms with Gasteiger partial charge < -0.3 is 31.6 Å². The summed E-state index contributed by atoms with van der Waals surface area (Å²) in [5, 5.41) is 19.8. The first kappa shape index (κ1) is 39.6. The fraction of sp³-hybridized carbons (Fsp3) is 0.286. The number of unbranched alkanes of at least 4 members (excludes halogenated alkanes) is 1. The summed E-state index contributed by atoms with van der Waals surface area (Å²) in [5.41, 5.74) is 7.42. The van der Waals surface area contributed by atoms with E-state index in [4.69, 9.17) is 5.73 Å². The summed E-state index contributed by atoms with van der Waals surface area (Å²) < 4.78 is 29.0. The van der Waals surface area contributed by atoms with Crippen molar-refractivity contribution in [2.75, 3.05) is 32.1 Å². The first-order chi connectivity index (χ1) is 25.2. The Kier molecular flexibility index (Phi) is 13.7. The van der Waals surface area contributed by atoms with Crippen LogP contribution in [-0.2, 0) is 35.6 Å². The number of aromatic nitrogens is 2. The first-order valence-corrected chi connectivity index (χ1v) is 18.0. The minimum Gasteiger partial charge on any atom is -0.377 e. The quantitative estimate of drug-likeness (QED) is 0.0349. The number of carbonyl (C=O) groups excluding carboxylic acids is 4. The average Bonchev–Trinajstić information content (AvgIpc) is 3.65. The van der Waals surface area contributed by atoms with Crippen molar-refractivity contribution in [1.29, 1.82) is 0 Å². The van der Waals surface area contributed by atoms with Gasteiger partial charge in [-0.2, -0.15) is 0 Å². The van der Waals surface area contributed by atoms with Gasteiger partial charge in [0.15, 0.2) is 0 Å². The summed E-state index contributed by atoms with van der Waals surface area (Å²) in [5.74, 6) is -2.72. The molecule has 53 heavy (non-hydrogen) atoms. The van der Waals surface area contributed by atoms with Gasteiger partial charge in [0.2, 0.25) is 33.7 Å². The van der Waals surface area contributed by atoms with Crippen molar-refractivity contribution >= 4 is 61.9 Å². The first-order valence-electron chi connectivity index (χ1n) is 16.5. The number of nitrogens with two attached hydrogens (primary N) is 1. The average molecular weight is 748 g/mol. The number of nitrogens with one attached hydrogen (secondary N) is 5. The number of rotatable bonds is 19. The Balaban J connectivity index is 1.31. The maximum Gasteiger partial charge on any atom is 0.269 e. The molecule has 3 aromatic carbocycles. The fourth-order valence-corrected chi connectivity index (χ4v) is 6.58. The summed E-state index contributed by atoms with van der Waals surface area (Å²) >= 11 is 0. The smallest absolute Gasteiger partial charge is 0.269 e. The SMILES string of the molecule is CN(C)c1cccc2c(S(=O)(=O)NCC(=O)N[C@@H](Cc3cnc[nH]3)C(=O)N[C@@H](CCCCNC(=O)/C=C/c3ccc([N+](=O)[O-])cc3)C(N)=O)cccc12. The van der Waals surface area contributed by atoms with E-state index in [2.05, 4.69) is 30.6 Å². The number of fused-ring (bicyclic) bond motifs is 1. The molecule has 17 nitrogen and oxygen atoms in total. The topological polar surface area (TPSA) is 252 Å². The van der Waals surface area contributed by atoms with Gasteiger partial charge in [-0.3, -0.25) is 29.3 Å². The second-order valence-corrected chi connectivity index (χ2v) is 13.9. The number of aromatic amines is 1. The Labute approximate surface area is 305 Å². The maximum atomic E-state index is 13.4. The highest BCUT2D eigenvalue weighted by Crippen LogP contribution is 2.30. The van der Waals surface area contributed by atoms with E-state index in [1.165, 1.54) is 55.0 Å². The lowest BCUT2D eigenvalue weighted by molar-refractivity contribution is -0.384. The number of hydrogen-bond donors (Lipinski definition) is 6. The van der Waals surface area contributed by atoms with E-state index in [1.807, 2.05) is 25.1 Å². The molecule has 4 aromatic rings. The van der Waals surface area contributed by atoms with Gasteiger partial charge >= 0.3 is 0 Å². The molecule has 0 unspecified atom stereocenters. The van der Waals surface area contributed by atoms with Crippen molar-refractivity contribution in [3.05, 3.63) is 101 Å². The van der Waals surface area contributed by atoms with Crippen molar-refractivity contribution in [3.8, 4) is 0 Å². The zero-order valence-electron chi connectivity index (χ0n) is 29.1. The van der Waals surface area contributed by atoms with Crippen LogP contribution in [0.1, 0.15) is 30.5 Å². The molecule has 0 aliphatic carbocycles. The zero-order chi connectivity index (χ0) is 38.5. The number of non-ortho nitro benzene ring substituents is 1. The number of carbonyl (C=O) groups is 4. The zero-order valence-corrected chi connectivity index (χ0v) is 29.9.